The van der Waals surface area contributed by atoms with Crippen LogP contribution in [0.1, 0.15) is 21.5 Å². The first kappa shape index (κ1) is 20.0. The average Bonchev–Trinajstić information content (AvgIpc) is 2.79. The van der Waals surface area contributed by atoms with E-state index < -0.39 is 5.97 Å². The number of fused-ring (bicyclic) bond motifs is 1. The molecule has 1 aliphatic rings. The number of aromatic nitrogens is 1. The van der Waals surface area contributed by atoms with Crippen LogP contribution in [-0.4, -0.2) is 59.9 Å². The third-order valence-electron chi connectivity index (χ3n) is 5.54. The number of methoxy groups -OCH3 is 1. The lowest BCUT2D eigenvalue weighted by atomic mass is 10.0. The van der Waals surface area contributed by atoms with Crippen molar-refractivity contribution in [3.8, 4) is 0 Å². The predicted octanol–water partition coefficient (Wildman–Crippen LogP) is 2.91. The fourth-order valence-corrected chi connectivity index (χ4v) is 3.87. The summed E-state index contributed by atoms with van der Waals surface area (Å²) in [7, 11) is 1.35. The Balaban J connectivity index is 1.34. The third kappa shape index (κ3) is 4.49. The maximum Gasteiger partial charge on any atom is 0.338 e. The van der Waals surface area contributed by atoms with Gasteiger partial charge in [-0.05, 0) is 29.3 Å². The molecule has 2 heterocycles. The molecule has 0 unspecified atom stereocenters. The molecule has 0 N–H and O–H groups in total. The molecule has 2 aromatic carbocycles. The second-order valence-corrected chi connectivity index (χ2v) is 7.52. The second kappa shape index (κ2) is 9.05. The van der Waals surface area contributed by atoms with E-state index >= 15 is 0 Å². The summed E-state index contributed by atoms with van der Waals surface area (Å²) < 4.78 is 4.83. The third-order valence-corrected chi connectivity index (χ3v) is 5.54. The molecule has 30 heavy (non-hydrogen) atoms. The molecule has 0 atom stereocenters. The van der Waals surface area contributed by atoms with Gasteiger partial charge in [-0.2, -0.15) is 0 Å². The zero-order valence-corrected chi connectivity index (χ0v) is 17.1. The maximum atomic E-state index is 12.8. The molecule has 154 valence electrons. The van der Waals surface area contributed by atoms with Gasteiger partial charge in [0.05, 0.1) is 24.6 Å². The Bertz CT molecular complexity index is 1060. The Morgan fingerprint density at radius 3 is 2.53 bits per heavy atom. The largest absolute Gasteiger partial charge is 0.465 e. The maximum absolute atomic E-state index is 12.8. The monoisotopic (exact) mass is 403 g/mol. The van der Waals surface area contributed by atoms with Crippen LogP contribution in [0.15, 0.2) is 60.8 Å². The Kier molecular flexibility index (Phi) is 6.05. The smallest absolute Gasteiger partial charge is 0.338 e. The molecule has 1 fully saturated rings. The number of benzene rings is 2. The number of amides is 1. The van der Waals surface area contributed by atoms with Crippen LogP contribution < -0.4 is 0 Å². The fourth-order valence-electron chi connectivity index (χ4n) is 3.87. The lowest BCUT2D eigenvalue weighted by molar-refractivity contribution is -0.132. The van der Waals surface area contributed by atoms with E-state index in [0.717, 1.165) is 30.5 Å². The van der Waals surface area contributed by atoms with E-state index in [1.807, 2.05) is 41.4 Å². The number of hydrogen-bond donors (Lipinski definition) is 0. The van der Waals surface area contributed by atoms with Crippen molar-refractivity contribution in [3.63, 3.8) is 0 Å². The van der Waals surface area contributed by atoms with Crippen molar-refractivity contribution in [2.24, 2.45) is 0 Å². The number of ether oxygens (including phenoxy) is 1. The average molecular weight is 403 g/mol. The molecular weight excluding hydrogens is 378 g/mol. The first-order valence-electron chi connectivity index (χ1n) is 10.1. The summed E-state index contributed by atoms with van der Waals surface area (Å²) in [5, 5.41) is 1.15. The Morgan fingerprint density at radius 2 is 1.73 bits per heavy atom. The number of carbonyl (C=O) groups is 2. The number of hydrogen-bond acceptors (Lipinski definition) is 5. The summed E-state index contributed by atoms with van der Waals surface area (Å²) >= 11 is 0. The number of rotatable bonds is 5. The number of carbonyl (C=O) groups excluding carboxylic acids is 2. The Morgan fingerprint density at radius 1 is 1.00 bits per heavy atom. The zero-order valence-electron chi connectivity index (χ0n) is 17.1. The lowest BCUT2D eigenvalue weighted by Crippen LogP contribution is -2.48. The molecule has 6 heteroatoms. The van der Waals surface area contributed by atoms with E-state index in [9.17, 15) is 9.59 Å². The highest BCUT2D eigenvalue weighted by Crippen LogP contribution is 2.16. The topological polar surface area (TPSA) is 62.7 Å². The molecule has 1 amide bonds. The SMILES string of the molecule is COC(=O)c1ccccc1CC(=O)N1CCN(Cc2cnc3ccccc3c2)CC1. The fraction of sp³-hybridized carbons (Fsp3) is 0.292. The van der Waals surface area contributed by atoms with E-state index in [0.29, 0.717) is 24.2 Å². The minimum absolute atomic E-state index is 0.0402. The van der Waals surface area contributed by atoms with Crippen LogP contribution in [-0.2, 0) is 22.5 Å². The normalized spacial score (nSPS) is 14.6. The first-order chi connectivity index (χ1) is 14.6. The van der Waals surface area contributed by atoms with Gasteiger partial charge in [0.1, 0.15) is 0 Å². The molecule has 0 bridgehead atoms. The number of para-hydroxylation sites is 1. The quantitative estimate of drug-likeness (QED) is 0.613. The van der Waals surface area contributed by atoms with Crippen LogP contribution in [0.25, 0.3) is 10.9 Å². The van der Waals surface area contributed by atoms with Crippen LogP contribution >= 0.6 is 0 Å². The van der Waals surface area contributed by atoms with Crippen molar-refractivity contribution in [3.05, 3.63) is 77.5 Å². The van der Waals surface area contributed by atoms with Crippen LogP contribution in [0, 0.1) is 0 Å². The lowest BCUT2D eigenvalue weighted by Gasteiger charge is -2.35. The highest BCUT2D eigenvalue weighted by atomic mass is 16.5. The second-order valence-electron chi connectivity index (χ2n) is 7.52. The van der Waals surface area contributed by atoms with Gasteiger partial charge in [-0.3, -0.25) is 14.7 Å². The van der Waals surface area contributed by atoms with Crippen LogP contribution in [0.3, 0.4) is 0 Å². The van der Waals surface area contributed by atoms with E-state index in [-0.39, 0.29) is 12.3 Å². The molecular formula is C24H25N3O3. The minimum atomic E-state index is -0.410. The van der Waals surface area contributed by atoms with Crippen molar-refractivity contribution in [1.29, 1.82) is 0 Å². The van der Waals surface area contributed by atoms with Gasteiger partial charge in [0.15, 0.2) is 0 Å². The van der Waals surface area contributed by atoms with Gasteiger partial charge in [0, 0.05) is 44.3 Å². The van der Waals surface area contributed by atoms with Crippen LogP contribution in [0.2, 0.25) is 0 Å². The van der Waals surface area contributed by atoms with Gasteiger partial charge < -0.3 is 9.64 Å². The van der Waals surface area contributed by atoms with Gasteiger partial charge >= 0.3 is 5.97 Å². The van der Waals surface area contributed by atoms with Gasteiger partial charge in [0.25, 0.3) is 0 Å². The number of piperazine rings is 1. The molecule has 4 rings (SSSR count). The molecule has 0 radical (unpaired) electrons. The van der Waals surface area contributed by atoms with Crippen molar-refractivity contribution < 1.29 is 14.3 Å². The highest BCUT2D eigenvalue weighted by molar-refractivity contribution is 5.93. The van der Waals surface area contributed by atoms with Crippen molar-refractivity contribution in [1.82, 2.24) is 14.8 Å². The van der Waals surface area contributed by atoms with E-state index in [1.165, 1.54) is 12.7 Å². The van der Waals surface area contributed by atoms with E-state index in [1.54, 1.807) is 12.1 Å². The minimum Gasteiger partial charge on any atom is -0.465 e. The number of esters is 1. The first-order valence-corrected chi connectivity index (χ1v) is 10.1. The Hall–Kier alpha value is -3.25. The molecule has 0 aliphatic carbocycles. The van der Waals surface area contributed by atoms with Gasteiger partial charge in [-0.15, -0.1) is 0 Å². The molecule has 3 aromatic rings. The van der Waals surface area contributed by atoms with E-state index in [4.69, 9.17) is 4.74 Å². The van der Waals surface area contributed by atoms with Gasteiger partial charge in [-0.25, -0.2) is 4.79 Å². The number of pyridine rings is 1. The summed E-state index contributed by atoms with van der Waals surface area (Å²) in [5.41, 5.74) is 3.35. The molecule has 6 nitrogen and oxygen atoms in total. The molecule has 1 saturated heterocycles. The van der Waals surface area contributed by atoms with Gasteiger partial charge in [0.2, 0.25) is 5.91 Å². The summed E-state index contributed by atoms with van der Waals surface area (Å²) in [6.07, 6.45) is 2.14. The zero-order chi connectivity index (χ0) is 20.9. The number of nitrogens with zero attached hydrogens (tertiary/aromatic N) is 3. The highest BCUT2D eigenvalue weighted by Gasteiger charge is 2.23. The van der Waals surface area contributed by atoms with Crippen LogP contribution in [0.5, 0.6) is 0 Å². The standard InChI is InChI=1S/C24H25N3O3/c1-30-24(29)21-8-4-2-6-19(21)15-23(28)27-12-10-26(11-13-27)17-18-14-20-7-3-5-9-22(20)25-16-18/h2-9,14,16H,10-13,15,17H2,1H3. The van der Waals surface area contributed by atoms with Gasteiger partial charge in [-0.1, -0.05) is 36.4 Å². The summed E-state index contributed by atoms with van der Waals surface area (Å²) in [5.74, 6) is -0.370. The van der Waals surface area contributed by atoms with Crippen molar-refractivity contribution >= 4 is 22.8 Å². The van der Waals surface area contributed by atoms with E-state index in [2.05, 4.69) is 22.0 Å². The van der Waals surface area contributed by atoms with Crippen LogP contribution in [0.4, 0.5) is 0 Å². The molecule has 1 aromatic heterocycles. The summed E-state index contributed by atoms with van der Waals surface area (Å²) in [6.45, 7) is 3.82. The van der Waals surface area contributed by atoms with Crippen molar-refractivity contribution in [2.75, 3.05) is 33.3 Å². The molecule has 1 aliphatic heterocycles. The van der Waals surface area contributed by atoms with Crippen molar-refractivity contribution in [2.45, 2.75) is 13.0 Å². The summed E-state index contributed by atoms with van der Waals surface area (Å²) in [6, 6.07) is 17.4. The molecule has 0 saturated carbocycles. The Labute approximate surface area is 176 Å². The summed E-state index contributed by atoms with van der Waals surface area (Å²) in [4.78, 5) is 33.5. The predicted molar refractivity (Wildman–Crippen MR) is 115 cm³/mol. The molecule has 0 spiro atoms.